The Kier molecular flexibility index (Phi) is 6.23. The van der Waals surface area contributed by atoms with Crippen molar-refractivity contribution in [1.82, 2.24) is 15.5 Å². The summed E-state index contributed by atoms with van der Waals surface area (Å²) in [6, 6.07) is 9.88. The Hall–Kier alpha value is -2.25. The molecule has 0 spiro atoms. The van der Waals surface area contributed by atoms with Gasteiger partial charge < -0.3 is 19.6 Å². The Morgan fingerprint density at radius 2 is 1.81 bits per heavy atom. The van der Waals surface area contributed by atoms with Crippen molar-refractivity contribution in [2.24, 2.45) is 0 Å². The van der Waals surface area contributed by atoms with Crippen LogP contribution in [0.2, 0.25) is 0 Å². The molecule has 2 heterocycles. The van der Waals surface area contributed by atoms with Gasteiger partial charge in [-0.3, -0.25) is 4.79 Å². The van der Waals surface area contributed by atoms with Gasteiger partial charge in [-0.25, -0.2) is 0 Å². The smallest absolute Gasteiger partial charge is 0.282 e. The van der Waals surface area contributed by atoms with Crippen LogP contribution in [0.4, 0.5) is 0 Å². The quantitative estimate of drug-likeness (QED) is 0.649. The zero-order chi connectivity index (χ0) is 19.3. The molecule has 2 unspecified atom stereocenters. The number of quaternary nitrogens is 2. The third kappa shape index (κ3) is 6.15. The van der Waals surface area contributed by atoms with Crippen LogP contribution in [0, 0.1) is 0 Å². The summed E-state index contributed by atoms with van der Waals surface area (Å²) >= 11 is 0. The normalized spacial score (nSPS) is 20.9. The van der Waals surface area contributed by atoms with Crippen molar-refractivity contribution in [3.05, 3.63) is 36.2 Å². The lowest BCUT2D eigenvalue weighted by molar-refractivity contribution is -0.943. The van der Waals surface area contributed by atoms with E-state index in [0.717, 1.165) is 44.7 Å². The number of nitrogens with zero attached hydrogens (tertiary/aromatic N) is 2. The topological polar surface area (TPSA) is 76.9 Å². The van der Waals surface area contributed by atoms with Gasteiger partial charge in [0.2, 0.25) is 5.82 Å². The van der Waals surface area contributed by atoms with Crippen LogP contribution in [0.1, 0.15) is 33.1 Å². The SMILES string of the molecule is CC(C)(C)NC(=O)C[NH+]1CCC[NH+](Cc2nc(-c3ccccc3)no2)CC1. The molecule has 1 aromatic heterocycles. The summed E-state index contributed by atoms with van der Waals surface area (Å²) in [6.45, 7) is 11.4. The fourth-order valence-electron chi connectivity index (χ4n) is 3.48. The van der Waals surface area contributed by atoms with E-state index in [1.165, 1.54) is 9.80 Å². The Morgan fingerprint density at radius 1 is 1.11 bits per heavy atom. The zero-order valence-corrected chi connectivity index (χ0v) is 16.5. The Morgan fingerprint density at radius 3 is 2.56 bits per heavy atom. The molecule has 2 atom stereocenters. The van der Waals surface area contributed by atoms with Crippen molar-refractivity contribution < 1.29 is 19.1 Å². The van der Waals surface area contributed by atoms with Crippen LogP contribution in [0.5, 0.6) is 0 Å². The van der Waals surface area contributed by atoms with Crippen LogP contribution in [0.25, 0.3) is 11.4 Å². The summed E-state index contributed by atoms with van der Waals surface area (Å²) in [6.07, 6.45) is 1.09. The van der Waals surface area contributed by atoms with Crippen LogP contribution in [0.3, 0.4) is 0 Å². The first-order valence-corrected chi connectivity index (χ1v) is 9.75. The average Bonchev–Trinajstić information content (AvgIpc) is 2.96. The first kappa shape index (κ1) is 19.5. The van der Waals surface area contributed by atoms with Gasteiger partial charge in [0.25, 0.3) is 11.8 Å². The largest absolute Gasteiger partial charge is 0.347 e. The Balaban J connectivity index is 1.50. The predicted molar refractivity (Wildman–Crippen MR) is 102 cm³/mol. The number of aromatic nitrogens is 2. The fourth-order valence-corrected chi connectivity index (χ4v) is 3.48. The van der Waals surface area contributed by atoms with E-state index < -0.39 is 0 Å². The molecule has 1 aliphatic heterocycles. The number of carbonyl (C=O) groups excluding carboxylic acids is 1. The van der Waals surface area contributed by atoms with E-state index in [1.807, 2.05) is 51.1 Å². The number of amides is 1. The van der Waals surface area contributed by atoms with Crippen LogP contribution < -0.4 is 15.1 Å². The second-order valence-electron chi connectivity index (χ2n) is 8.38. The van der Waals surface area contributed by atoms with E-state index in [0.29, 0.717) is 18.3 Å². The molecule has 0 aliphatic carbocycles. The lowest BCUT2D eigenvalue weighted by atomic mass is 10.1. The maximum atomic E-state index is 12.2. The summed E-state index contributed by atoms with van der Waals surface area (Å²) in [5.41, 5.74) is 0.799. The van der Waals surface area contributed by atoms with Crippen molar-refractivity contribution in [2.45, 2.75) is 39.3 Å². The summed E-state index contributed by atoms with van der Waals surface area (Å²) < 4.78 is 5.46. The lowest BCUT2D eigenvalue weighted by Crippen LogP contribution is -3.17. The molecule has 1 fully saturated rings. The van der Waals surface area contributed by atoms with Gasteiger partial charge in [-0.2, -0.15) is 4.98 Å². The van der Waals surface area contributed by atoms with Gasteiger partial charge in [0.15, 0.2) is 13.1 Å². The number of hydrogen-bond donors (Lipinski definition) is 3. The predicted octanol–water partition coefficient (Wildman–Crippen LogP) is -0.675. The molecule has 3 rings (SSSR count). The third-order valence-electron chi connectivity index (χ3n) is 4.72. The first-order chi connectivity index (χ1) is 12.9. The molecule has 3 N–H and O–H groups in total. The molecular formula is C20H31N5O2+2. The van der Waals surface area contributed by atoms with Crippen molar-refractivity contribution in [3.8, 4) is 11.4 Å². The van der Waals surface area contributed by atoms with Crippen LogP contribution >= 0.6 is 0 Å². The van der Waals surface area contributed by atoms with Gasteiger partial charge in [-0.1, -0.05) is 35.5 Å². The van der Waals surface area contributed by atoms with Crippen molar-refractivity contribution >= 4 is 5.91 Å². The molecule has 7 nitrogen and oxygen atoms in total. The molecule has 0 saturated carbocycles. The molecule has 1 aromatic carbocycles. The van der Waals surface area contributed by atoms with Gasteiger partial charge >= 0.3 is 0 Å². The van der Waals surface area contributed by atoms with Gasteiger partial charge in [0.05, 0.1) is 13.1 Å². The zero-order valence-electron chi connectivity index (χ0n) is 16.5. The van der Waals surface area contributed by atoms with Crippen molar-refractivity contribution in [2.75, 3.05) is 32.7 Å². The molecular weight excluding hydrogens is 342 g/mol. The molecule has 0 radical (unpaired) electrons. The first-order valence-electron chi connectivity index (χ1n) is 9.75. The summed E-state index contributed by atoms with van der Waals surface area (Å²) in [5.74, 6) is 1.45. The van der Waals surface area contributed by atoms with Gasteiger partial charge in [-0.05, 0) is 20.8 Å². The van der Waals surface area contributed by atoms with E-state index in [2.05, 4.69) is 15.5 Å². The average molecular weight is 374 g/mol. The minimum absolute atomic E-state index is 0.130. The summed E-state index contributed by atoms with van der Waals surface area (Å²) in [7, 11) is 0. The molecule has 1 aliphatic rings. The highest BCUT2D eigenvalue weighted by Gasteiger charge is 2.25. The van der Waals surface area contributed by atoms with E-state index >= 15 is 0 Å². The minimum atomic E-state index is -0.173. The highest BCUT2D eigenvalue weighted by Crippen LogP contribution is 2.14. The monoisotopic (exact) mass is 373 g/mol. The number of hydrogen-bond acceptors (Lipinski definition) is 4. The maximum absolute atomic E-state index is 12.2. The van der Waals surface area contributed by atoms with Gasteiger partial charge in [-0.15, -0.1) is 0 Å². The van der Waals surface area contributed by atoms with Gasteiger partial charge in [0.1, 0.15) is 13.1 Å². The van der Waals surface area contributed by atoms with Gasteiger partial charge in [0, 0.05) is 17.5 Å². The Bertz CT molecular complexity index is 738. The number of nitrogens with one attached hydrogen (secondary N) is 3. The molecule has 1 amide bonds. The number of benzene rings is 1. The molecule has 1 saturated heterocycles. The number of carbonyl (C=O) groups is 1. The molecule has 2 aromatic rings. The highest BCUT2D eigenvalue weighted by molar-refractivity contribution is 5.77. The lowest BCUT2D eigenvalue weighted by Gasteiger charge is -2.22. The fraction of sp³-hybridized carbons (Fsp3) is 0.550. The maximum Gasteiger partial charge on any atom is 0.282 e. The van der Waals surface area contributed by atoms with E-state index in [4.69, 9.17) is 4.52 Å². The van der Waals surface area contributed by atoms with Crippen molar-refractivity contribution in [1.29, 1.82) is 0 Å². The van der Waals surface area contributed by atoms with Crippen LogP contribution in [-0.4, -0.2) is 54.3 Å². The summed E-state index contributed by atoms with van der Waals surface area (Å²) in [5, 5.41) is 7.16. The molecule has 7 heteroatoms. The van der Waals surface area contributed by atoms with E-state index in [-0.39, 0.29) is 11.4 Å². The highest BCUT2D eigenvalue weighted by atomic mass is 16.5. The van der Waals surface area contributed by atoms with E-state index in [1.54, 1.807) is 0 Å². The Labute approximate surface area is 160 Å². The van der Waals surface area contributed by atoms with Crippen LogP contribution in [-0.2, 0) is 11.3 Å². The number of rotatable bonds is 5. The standard InChI is InChI=1S/C20H29N5O2/c1-20(2,3)22-17(26)14-24-10-7-11-25(13-12-24)15-18-21-19(23-27-18)16-8-5-4-6-9-16/h4-6,8-9H,7,10-15H2,1-3H3,(H,22,26)/p+2. The van der Waals surface area contributed by atoms with Crippen molar-refractivity contribution in [3.63, 3.8) is 0 Å². The minimum Gasteiger partial charge on any atom is -0.347 e. The second kappa shape index (κ2) is 8.63. The second-order valence-corrected chi connectivity index (χ2v) is 8.38. The molecule has 0 bridgehead atoms. The molecule has 27 heavy (non-hydrogen) atoms. The third-order valence-corrected chi connectivity index (χ3v) is 4.72. The van der Waals surface area contributed by atoms with Crippen LogP contribution in [0.15, 0.2) is 34.9 Å². The van der Waals surface area contributed by atoms with E-state index in [9.17, 15) is 4.79 Å². The summed E-state index contributed by atoms with van der Waals surface area (Å²) in [4.78, 5) is 19.5. The molecule has 146 valence electrons.